The molecule has 0 fully saturated rings. The maximum atomic E-state index is 12.9. The molecule has 25 heavy (non-hydrogen) atoms. The molecule has 0 unspecified atom stereocenters. The Morgan fingerprint density at radius 3 is 2.48 bits per heavy atom. The molecule has 132 valence electrons. The average molecular weight is 360 g/mol. The van der Waals surface area contributed by atoms with Gasteiger partial charge in [0.1, 0.15) is 5.75 Å². The summed E-state index contributed by atoms with van der Waals surface area (Å²) in [5.74, 6) is 0.104. The molecule has 0 radical (unpaired) electrons. The van der Waals surface area contributed by atoms with Gasteiger partial charge in [-0.15, -0.1) is 0 Å². The van der Waals surface area contributed by atoms with Gasteiger partial charge in [0.2, 0.25) is 0 Å². The minimum absolute atomic E-state index is 0.0106. The van der Waals surface area contributed by atoms with Crippen LogP contribution >= 0.6 is 0 Å². The van der Waals surface area contributed by atoms with Crippen LogP contribution in [0.25, 0.3) is 10.9 Å². The van der Waals surface area contributed by atoms with Crippen molar-refractivity contribution in [2.24, 2.45) is 0 Å². The monoisotopic (exact) mass is 360 g/mol. The summed E-state index contributed by atoms with van der Waals surface area (Å²) < 4.78 is 27.0. The largest absolute Gasteiger partial charge is 0.508 e. The molecular weight excluding hydrogens is 340 g/mol. The van der Waals surface area contributed by atoms with E-state index in [2.05, 4.69) is 0 Å². The predicted molar refractivity (Wildman–Crippen MR) is 96.0 cm³/mol. The Morgan fingerprint density at radius 1 is 1.08 bits per heavy atom. The molecule has 2 aromatic carbocycles. The van der Waals surface area contributed by atoms with Gasteiger partial charge in [-0.1, -0.05) is 18.2 Å². The number of hydrogen-bond acceptors (Lipinski definition) is 5. The van der Waals surface area contributed by atoms with E-state index in [0.717, 1.165) is 0 Å². The quantitative estimate of drug-likeness (QED) is 0.703. The molecule has 3 aromatic rings. The third-order valence-electron chi connectivity index (χ3n) is 4.13. The number of nitrogens with zero attached hydrogens (tertiary/aromatic N) is 2. The molecule has 0 bridgehead atoms. The molecule has 0 aliphatic carbocycles. The number of aliphatic hydroxyl groups is 1. The Hall–Kier alpha value is -2.35. The summed E-state index contributed by atoms with van der Waals surface area (Å²) in [5.41, 5.74) is 1.14. The summed E-state index contributed by atoms with van der Waals surface area (Å²) in [6, 6.07) is 13.0. The number of fused-ring (bicyclic) bond motifs is 1. The number of aromatic hydroxyl groups is 1. The number of likely N-dealkylation sites (N-methyl/N-ethyl adjacent to an activating group) is 1. The van der Waals surface area contributed by atoms with Crippen molar-refractivity contribution in [3.05, 3.63) is 60.3 Å². The molecule has 0 amide bonds. The van der Waals surface area contributed by atoms with E-state index < -0.39 is 10.0 Å². The third-order valence-corrected chi connectivity index (χ3v) is 5.84. The van der Waals surface area contributed by atoms with Crippen LogP contribution in [0.1, 0.15) is 5.56 Å². The lowest BCUT2D eigenvalue weighted by molar-refractivity contribution is 0.216. The topological polar surface area (TPSA) is 82.8 Å². The Balaban J connectivity index is 2.11. The van der Waals surface area contributed by atoms with E-state index in [9.17, 15) is 13.5 Å². The third kappa shape index (κ3) is 3.26. The van der Waals surface area contributed by atoms with Gasteiger partial charge >= 0.3 is 0 Å². The van der Waals surface area contributed by atoms with Gasteiger partial charge < -0.3 is 10.2 Å². The number of phenolic OH excluding ortho intramolecular Hbond substituents is 1. The van der Waals surface area contributed by atoms with Crippen molar-refractivity contribution in [1.82, 2.24) is 8.87 Å². The van der Waals surface area contributed by atoms with Crippen LogP contribution in [-0.4, -0.2) is 47.7 Å². The fourth-order valence-corrected chi connectivity index (χ4v) is 4.21. The van der Waals surface area contributed by atoms with Crippen molar-refractivity contribution in [2.45, 2.75) is 11.4 Å². The molecule has 0 saturated carbocycles. The summed E-state index contributed by atoms with van der Waals surface area (Å²) in [6.07, 6.45) is 1.50. The van der Waals surface area contributed by atoms with E-state index in [0.29, 0.717) is 29.6 Å². The first kappa shape index (κ1) is 17.5. The van der Waals surface area contributed by atoms with Crippen molar-refractivity contribution in [1.29, 1.82) is 0 Å². The first-order chi connectivity index (χ1) is 11.9. The SMILES string of the molecule is CN(CCO)Cc1c(O)ccc2c1ccn2S(=O)(=O)c1ccccc1. The van der Waals surface area contributed by atoms with E-state index in [-0.39, 0.29) is 17.3 Å². The lowest BCUT2D eigenvalue weighted by atomic mass is 10.1. The number of benzene rings is 2. The standard InChI is InChI=1S/C18H20N2O4S/c1-19(11-12-21)13-16-15-9-10-20(17(15)7-8-18(16)22)25(23,24)14-5-3-2-4-6-14/h2-10,21-22H,11-13H2,1H3. The van der Waals surface area contributed by atoms with Crippen molar-refractivity contribution in [3.8, 4) is 5.75 Å². The predicted octanol–water partition coefficient (Wildman–Crippen LogP) is 2.01. The highest BCUT2D eigenvalue weighted by molar-refractivity contribution is 7.90. The van der Waals surface area contributed by atoms with Gasteiger partial charge in [0, 0.05) is 30.2 Å². The van der Waals surface area contributed by atoms with Crippen LogP contribution in [0.3, 0.4) is 0 Å². The van der Waals surface area contributed by atoms with Crippen molar-refractivity contribution in [2.75, 3.05) is 20.2 Å². The zero-order valence-corrected chi connectivity index (χ0v) is 14.6. The summed E-state index contributed by atoms with van der Waals surface area (Å²) in [5, 5.41) is 19.9. The molecule has 0 aliphatic heterocycles. The molecule has 1 heterocycles. The minimum Gasteiger partial charge on any atom is -0.508 e. The molecule has 1 aromatic heterocycles. The highest BCUT2D eigenvalue weighted by Gasteiger charge is 2.20. The lowest BCUT2D eigenvalue weighted by Gasteiger charge is -2.17. The lowest BCUT2D eigenvalue weighted by Crippen LogP contribution is -2.21. The molecule has 0 atom stereocenters. The van der Waals surface area contributed by atoms with Gasteiger partial charge in [-0.05, 0) is 37.4 Å². The first-order valence-electron chi connectivity index (χ1n) is 7.87. The van der Waals surface area contributed by atoms with E-state index in [1.165, 1.54) is 16.2 Å². The second kappa shape index (κ2) is 6.87. The van der Waals surface area contributed by atoms with Gasteiger partial charge in [0.05, 0.1) is 17.0 Å². The summed E-state index contributed by atoms with van der Waals surface area (Å²) in [6.45, 7) is 0.870. The van der Waals surface area contributed by atoms with Crippen LogP contribution < -0.4 is 0 Å². The molecule has 2 N–H and O–H groups in total. The molecule has 0 spiro atoms. The molecule has 7 heteroatoms. The second-order valence-corrected chi connectivity index (χ2v) is 7.70. The summed E-state index contributed by atoms with van der Waals surface area (Å²) in [4.78, 5) is 2.07. The maximum Gasteiger partial charge on any atom is 0.268 e. The normalized spacial score (nSPS) is 12.1. The summed E-state index contributed by atoms with van der Waals surface area (Å²) >= 11 is 0. The number of phenols is 1. The fraction of sp³-hybridized carbons (Fsp3) is 0.222. The van der Waals surface area contributed by atoms with Crippen molar-refractivity contribution in [3.63, 3.8) is 0 Å². The van der Waals surface area contributed by atoms with Gasteiger partial charge in [0.15, 0.2) is 0 Å². The second-order valence-electron chi connectivity index (χ2n) is 5.89. The smallest absolute Gasteiger partial charge is 0.268 e. The van der Waals surface area contributed by atoms with Crippen LogP contribution in [0.2, 0.25) is 0 Å². The van der Waals surface area contributed by atoms with Crippen LogP contribution in [0, 0.1) is 0 Å². The van der Waals surface area contributed by atoms with Crippen LogP contribution in [0.15, 0.2) is 59.6 Å². The van der Waals surface area contributed by atoms with Gasteiger partial charge in [0.25, 0.3) is 10.0 Å². The van der Waals surface area contributed by atoms with E-state index >= 15 is 0 Å². The summed E-state index contributed by atoms with van der Waals surface area (Å²) in [7, 11) is -1.88. The number of hydrogen-bond donors (Lipinski definition) is 2. The van der Waals surface area contributed by atoms with Crippen LogP contribution in [0.5, 0.6) is 5.75 Å². The highest BCUT2D eigenvalue weighted by atomic mass is 32.2. The Bertz CT molecular complexity index is 981. The van der Waals surface area contributed by atoms with E-state index in [4.69, 9.17) is 5.11 Å². The van der Waals surface area contributed by atoms with Crippen LogP contribution in [-0.2, 0) is 16.6 Å². The van der Waals surface area contributed by atoms with Crippen molar-refractivity contribution >= 4 is 20.9 Å². The maximum absolute atomic E-state index is 12.9. The first-order valence-corrected chi connectivity index (χ1v) is 9.31. The molecule has 3 rings (SSSR count). The zero-order valence-electron chi connectivity index (χ0n) is 13.8. The highest BCUT2D eigenvalue weighted by Crippen LogP contribution is 2.31. The molecular formula is C18H20N2O4S. The van der Waals surface area contributed by atoms with Crippen molar-refractivity contribution < 1.29 is 18.6 Å². The molecule has 6 nitrogen and oxygen atoms in total. The zero-order chi connectivity index (χ0) is 18.0. The van der Waals surface area contributed by atoms with E-state index in [1.54, 1.807) is 42.5 Å². The van der Waals surface area contributed by atoms with E-state index in [1.807, 2.05) is 11.9 Å². The molecule has 0 saturated heterocycles. The number of rotatable bonds is 6. The van der Waals surface area contributed by atoms with Gasteiger partial charge in [-0.2, -0.15) is 0 Å². The molecule has 0 aliphatic rings. The number of aliphatic hydroxyl groups excluding tert-OH is 1. The fourth-order valence-electron chi connectivity index (χ4n) is 2.84. The minimum atomic E-state index is -3.71. The Morgan fingerprint density at radius 2 is 1.80 bits per heavy atom. The van der Waals surface area contributed by atoms with Gasteiger partial charge in [-0.3, -0.25) is 4.90 Å². The average Bonchev–Trinajstić information content (AvgIpc) is 3.03. The van der Waals surface area contributed by atoms with Crippen LogP contribution in [0.4, 0.5) is 0 Å². The number of aromatic nitrogens is 1. The van der Waals surface area contributed by atoms with Gasteiger partial charge in [-0.25, -0.2) is 12.4 Å². The Kier molecular flexibility index (Phi) is 4.80. The Labute approximate surface area is 146 Å².